The first-order valence-electron chi connectivity index (χ1n) is 5.84. The molecule has 0 aliphatic rings. The molecular formula is C16H15NS. The lowest BCUT2D eigenvalue weighted by Gasteiger charge is -1.99. The number of nitrogens with two attached hydrogens (primary N) is 1. The van der Waals surface area contributed by atoms with Crippen LogP contribution in [0.15, 0.2) is 59.5 Å². The minimum Gasteiger partial charge on any atom is -0.326 e. The van der Waals surface area contributed by atoms with Gasteiger partial charge in [0, 0.05) is 17.0 Å². The van der Waals surface area contributed by atoms with Gasteiger partial charge in [-0.1, -0.05) is 42.2 Å². The maximum atomic E-state index is 5.56. The lowest BCUT2D eigenvalue weighted by molar-refractivity contribution is 1.07. The van der Waals surface area contributed by atoms with Gasteiger partial charge >= 0.3 is 0 Å². The molecule has 0 fully saturated rings. The number of rotatable bonds is 3. The largest absolute Gasteiger partial charge is 0.326 e. The van der Waals surface area contributed by atoms with Crippen LogP contribution in [0, 0.1) is 11.8 Å². The van der Waals surface area contributed by atoms with E-state index in [2.05, 4.69) is 36.1 Å². The molecule has 0 amide bonds. The highest BCUT2D eigenvalue weighted by molar-refractivity contribution is 7.99. The molecule has 2 heteroatoms. The molecule has 0 radical (unpaired) electrons. The standard InChI is InChI=1S/C16H15NS/c17-13-15-8-10-16(11-9-15)18-12-4-7-14-5-2-1-3-6-14/h1-3,5-6,8-11H,12-13,17H2. The summed E-state index contributed by atoms with van der Waals surface area (Å²) in [6, 6.07) is 18.4. The summed E-state index contributed by atoms with van der Waals surface area (Å²) in [6.07, 6.45) is 0. The van der Waals surface area contributed by atoms with E-state index in [1.165, 1.54) is 4.90 Å². The van der Waals surface area contributed by atoms with Gasteiger partial charge in [-0.3, -0.25) is 0 Å². The van der Waals surface area contributed by atoms with E-state index in [1.807, 2.05) is 30.3 Å². The molecule has 0 spiro atoms. The molecule has 0 aliphatic heterocycles. The lowest BCUT2D eigenvalue weighted by atomic mass is 10.2. The van der Waals surface area contributed by atoms with Gasteiger partial charge in [0.2, 0.25) is 0 Å². The normalized spacial score (nSPS) is 9.61. The summed E-state index contributed by atoms with van der Waals surface area (Å²) in [5, 5.41) is 0. The van der Waals surface area contributed by atoms with E-state index in [1.54, 1.807) is 11.8 Å². The highest BCUT2D eigenvalue weighted by atomic mass is 32.2. The summed E-state index contributed by atoms with van der Waals surface area (Å²) in [5.41, 5.74) is 7.78. The Morgan fingerprint density at radius 3 is 2.33 bits per heavy atom. The molecule has 0 aliphatic carbocycles. The molecule has 0 saturated heterocycles. The second-order valence-electron chi connectivity index (χ2n) is 3.80. The molecule has 18 heavy (non-hydrogen) atoms. The van der Waals surface area contributed by atoms with Crippen LogP contribution in [0.25, 0.3) is 0 Å². The minimum atomic E-state index is 0.596. The van der Waals surface area contributed by atoms with E-state index < -0.39 is 0 Å². The minimum absolute atomic E-state index is 0.596. The van der Waals surface area contributed by atoms with Crippen LogP contribution in [0.3, 0.4) is 0 Å². The zero-order chi connectivity index (χ0) is 12.6. The average Bonchev–Trinajstić information content (AvgIpc) is 2.45. The summed E-state index contributed by atoms with van der Waals surface area (Å²) in [5.74, 6) is 7.12. The second kappa shape index (κ2) is 6.90. The summed E-state index contributed by atoms with van der Waals surface area (Å²) in [6.45, 7) is 0.596. The molecule has 1 nitrogen and oxygen atoms in total. The predicted molar refractivity (Wildman–Crippen MR) is 78.4 cm³/mol. The SMILES string of the molecule is NCc1ccc(SCC#Cc2ccccc2)cc1. The van der Waals surface area contributed by atoms with E-state index in [0.29, 0.717) is 6.54 Å². The first kappa shape index (κ1) is 12.8. The summed E-state index contributed by atoms with van der Waals surface area (Å²) in [7, 11) is 0. The van der Waals surface area contributed by atoms with Crippen molar-refractivity contribution in [2.45, 2.75) is 11.4 Å². The Hall–Kier alpha value is -1.69. The van der Waals surface area contributed by atoms with Crippen molar-refractivity contribution in [3.05, 3.63) is 65.7 Å². The van der Waals surface area contributed by atoms with Gasteiger partial charge in [0.15, 0.2) is 0 Å². The van der Waals surface area contributed by atoms with Crippen molar-refractivity contribution in [3.8, 4) is 11.8 Å². The van der Waals surface area contributed by atoms with Crippen LogP contribution in [0.4, 0.5) is 0 Å². The molecule has 90 valence electrons. The van der Waals surface area contributed by atoms with Gasteiger partial charge in [-0.25, -0.2) is 0 Å². The molecule has 2 rings (SSSR count). The smallest absolute Gasteiger partial charge is 0.0598 e. The third-order valence-electron chi connectivity index (χ3n) is 2.48. The quantitative estimate of drug-likeness (QED) is 0.671. The number of hydrogen-bond donors (Lipinski definition) is 1. The molecule has 2 N–H and O–H groups in total. The van der Waals surface area contributed by atoms with Crippen LogP contribution in [-0.4, -0.2) is 5.75 Å². The Morgan fingerprint density at radius 1 is 0.944 bits per heavy atom. The molecule has 0 heterocycles. The van der Waals surface area contributed by atoms with E-state index in [-0.39, 0.29) is 0 Å². The van der Waals surface area contributed by atoms with Gasteiger partial charge < -0.3 is 5.73 Å². The summed E-state index contributed by atoms with van der Waals surface area (Å²) < 4.78 is 0. The number of hydrogen-bond acceptors (Lipinski definition) is 2. The van der Waals surface area contributed by atoms with Crippen LogP contribution in [0.5, 0.6) is 0 Å². The van der Waals surface area contributed by atoms with E-state index in [9.17, 15) is 0 Å². The fourth-order valence-corrected chi connectivity index (χ4v) is 2.14. The van der Waals surface area contributed by atoms with Crippen molar-refractivity contribution in [3.63, 3.8) is 0 Å². The van der Waals surface area contributed by atoms with E-state index in [4.69, 9.17) is 5.73 Å². The van der Waals surface area contributed by atoms with Crippen molar-refractivity contribution in [2.75, 3.05) is 5.75 Å². The molecule has 0 saturated carbocycles. The maximum absolute atomic E-state index is 5.56. The molecule has 2 aromatic rings. The molecule has 0 atom stereocenters. The van der Waals surface area contributed by atoms with Crippen molar-refractivity contribution in [2.24, 2.45) is 5.73 Å². The summed E-state index contributed by atoms with van der Waals surface area (Å²) >= 11 is 1.74. The Morgan fingerprint density at radius 2 is 1.67 bits per heavy atom. The van der Waals surface area contributed by atoms with Crippen molar-refractivity contribution in [1.29, 1.82) is 0 Å². The third-order valence-corrected chi connectivity index (χ3v) is 3.37. The topological polar surface area (TPSA) is 26.0 Å². The van der Waals surface area contributed by atoms with Crippen molar-refractivity contribution >= 4 is 11.8 Å². The highest BCUT2D eigenvalue weighted by Crippen LogP contribution is 2.17. The maximum Gasteiger partial charge on any atom is 0.0598 e. The Balaban J connectivity index is 1.87. The van der Waals surface area contributed by atoms with Crippen molar-refractivity contribution in [1.82, 2.24) is 0 Å². The summed E-state index contributed by atoms with van der Waals surface area (Å²) in [4.78, 5) is 1.23. The Bertz CT molecular complexity index is 535. The van der Waals surface area contributed by atoms with Crippen molar-refractivity contribution < 1.29 is 0 Å². The predicted octanol–water partition coefficient (Wildman–Crippen LogP) is 3.29. The van der Waals surface area contributed by atoms with Crippen LogP contribution in [0.2, 0.25) is 0 Å². The fraction of sp³-hybridized carbons (Fsp3) is 0.125. The van der Waals surface area contributed by atoms with Gasteiger partial charge in [0.05, 0.1) is 5.75 Å². The first-order chi connectivity index (χ1) is 8.88. The van der Waals surface area contributed by atoms with Crippen LogP contribution < -0.4 is 5.73 Å². The van der Waals surface area contributed by atoms with E-state index >= 15 is 0 Å². The second-order valence-corrected chi connectivity index (χ2v) is 4.85. The zero-order valence-electron chi connectivity index (χ0n) is 10.1. The van der Waals surface area contributed by atoms with Crippen LogP contribution in [0.1, 0.15) is 11.1 Å². The van der Waals surface area contributed by atoms with Gasteiger partial charge in [-0.2, -0.15) is 0 Å². The molecule has 0 bridgehead atoms. The number of thioether (sulfide) groups is 1. The van der Waals surface area contributed by atoms with Gasteiger partial charge in [-0.05, 0) is 29.8 Å². The van der Waals surface area contributed by atoms with Gasteiger partial charge in [0.25, 0.3) is 0 Å². The molecule has 0 unspecified atom stereocenters. The zero-order valence-corrected chi connectivity index (χ0v) is 10.9. The lowest BCUT2D eigenvalue weighted by Crippen LogP contribution is -1.94. The monoisotopic (exact) mass is 253 g/mol. The molecule has 0 aromatic heterocycles. The number of benzene rings is 2. The fourth-order valence-electron chi connectivity index (χ4n) is 1.50. The molecule has 2 aromatic carbocycles. The average molecular weight is 253 g/mol. The third kappa shape index (κ3) is 3.96. The Kier molecular flexibility index (Phi) is 4.89. The Labute approximate surface area is 112 Å². The molecular weight excluding hydrogens is 238 g/mol. The van der Waals surface area contributed by atoms with E-state index in [0.717, 1.165) is 16.9 Å². The first-order valence-corrected chi connectivity index (χ1v) is 6.83. The van der Waals surface area contributed by atoms with Crippen LogP contribution >= 0.6 is 11.8 Å². The van der Waals surface area contributed by atoms with Gasteiger partial charge in [-0.15, -0.1) is 11.8 Å². The van der Waals surface area contributed by atoms with Crippen LogP contribution in [-0.2, 0) is 6.54 Å². The van der Waals surface area contributed by atoms with Gasteiger partial charge in [0.1, 0.15) is 0 Å². The highest BCUT2D eigenvalue weighted by Gasteiger charge is 1.92.